The Hall–Kier alpha value is -18.1. The monoisotopic (exact) mass is 1870 g/mol. The van der Waals surface area contributed by atoms with Gasteiger partial charge in [-0.2, -0.15) is 0 Å². The maximum Gasteiger partial charge on any atom is 0.179 e. The number of fused-ring (bicyclic) bond motifs is 15. The van der Waals surface area contributed by atoms with Gasteiger partial charge in [0, 0.05) is 28.2 Å². The van der Waals surface area contributed by atoms with Crippen LogP contribution < -0.4 is 20.7 Å². The summed E-state index contributed by atoms with van der Waals surface area (Å²) in [6.45, 7) is 0. The molecule has 0 amide bonds. The molecule has 3 nitrogen and oxygen atoms in total. The zero-order valence-electron chi connectivity index (χ0n) is 80.7. The molecule has 0 aliphatic heterocycles. The molecule has 0 fully saturated rings. The molecule has 0 unspecified atom stereocenters. The number of nitrogens with zero attached hydrogens (tertiary/aromatic N) is 3. The van der Waals surface area contributed by atoms with Gasteiger partial charge in [0.15, 0.2) is 8.07 Å². The minimum atomic E-state index is -2.62. The summed E-state index contributed by atoms with van der Waals surface area (Å²) in [5.41, 5.74) is 42.8. The summed E-state index contributed by atoms with van der Waals surface area (Å²) in [5, 5.41) is 23.9. The highest BCUT2D eigenvalue weighted by Crippen LogP contribution is 2.52. The molecule has 24 aromatic rings. The summed E-state index contributed by atoms with van der Waals surface area (Å²) in [7, 11) is -2.62. The predicted molar refractivity (Wildman–Crippen MR) is 622 cm³/mol. The zero-order valence-corrected chi connectivity index (χ0v) is 81.7. The van der Waals surface area contributed by atoms with E-state index >= 15 is 0 Å². The smallest absolute Gasteiger partial charge is 0.179 e. The van der Waals surface area contributed by atoms with Gasteiger partial charge in [-0.25, -0.2) is 4.98 Å². The van der Waals surface area contributed by atoms with Crippen LogP contribution in [0.4, 0.5) is 0 Å². The van der Waals surface area contributed by atoms with Crippen LogP contribution in [0.3, 0.4) is 0 Å². The first-order chi connectivity index (χ1) is 72.4. The molecule has 3 aromatic heterocycles. The molecule has 4 heteroatoms. The molecule has 0 N–H and O–H groups in total. The van der Waals surface area contributed by atoms with E-state index in [1.807, 2.05) is 30.5 Å². The molecule has 0 radical (unpaired) electrons. The lowest BCUT2D eigenvalue weighted by atomic mass is 9.84. The number of rotatable bonds is 14. The Labute approximate surface area is 850 Å². The molecule has 0 saturated heterocycles. The Balaban J connectivity index is 0.000000107. The fraction of sp³-hybridized carbons (Fsp3) is 0.0423. The third-order valence-corrected chi connectivity index (χ3v) is 36.5. The predicted octanol–water partition coefficient (Wildman–Crippen LogP) is 32.8. The molecule has 30 rings (SSSR count). The summed E-state index contributed by atoms with van der Waals surface area (Å²) in [6.07, 6.45) is 22.0. The summed E-state index contributed by atoms with van der Waals surface area (Å²) in [4.78, 5) is 9.63. The number of aromatic nitrogens is 3. The minimum Gasteiger partial charge on any atom is -0.309 e. The molecule has 6 aliphatic carbocycles. The van der Waals surface area contributed by atoms with Crippen LogP contribution >= 0.6 is 0 Å². The third-order valence-electron chi connectivity index (χ3n) is 31.7. The highest BCUT2D eigenvalue weighted by atomic mass is 28.3. The van der Waals surface area contributed by atoms with Crippen molar-refractivity contribution in [3.05, 3.63) is 580 Å². The number of hydrogen-bond acceptors (Lipinski definition) is 2. The van der Waals surface area contributed by atoms with Crippen molar-refractivity contribution < 1.29 is 0 Å². The van der Waals surface area contributed by atoms with Gasteiger partial charge in [0.05, 0.1) is 28.1 Å². The Morgan fingerprint density at radius 2 is 0.445 bits per heavy atom. The molecule has 21 aromatic carbocycles. The van der Waals surface area contributed by atoms with Gasteiger partial charge in [0.25, 0.3) is 0 Å². The molecule has 0 atom stereocenters. The summed E-state index contributed by atoms with van der Waals surface area (Å²) >= 11 is 0. The van der Waals surface area contributed by atoms with E-state index < -0.39 is 8.07 Å². The van der Waals surface area contributed by atoms with E-state index in [4.69, 9.17) is 4.98 Å². The molecule has 684 valence electrons. The number of para-hydroxylation sites is 2. The van der Waals surface area contributed by atoms with Crippen LogP contribution in [0.1, 0.15) is 100 Å². The van der Waals surface area contributed by atoms with Gasteiger partial charge >= 0.3 is 0 Å². The minimum absolute atomic E-state index is 0.880. The fourth-order valence-corrected chi connectivity index (χ4v) is 29.9. The van der Waals surface area contributed by atoms with Gasteiger partial charge in [-0.1, -0.05) is 449 Å². The van der Waals surface area contributed by atoms with Crippen molar-refractivity contribution in [2.45, 2.75) is 38.5 Å². The molecule has 146 heavy (non-hydrogen) atoms. The highest BCUT2D eigenvalue weighted by Gasteiger charge is 2.42. The topological polar surface area (TPSA) is 30.7 Å². The van der Waals surface area contributed by atoms with E-state index in [-0.39, 0.29) is 0 Å². The molecule has 0 saturated carbocycles. The lowest BCUT2D eigenvalue weighted by Crippen LogP contribution is -2.74. The number of hydrogen-bond donors (Lipinski definition) is 0. The van der Waals surface area contributed by atoms with E-state index in [1.54, 1.807) is 0 Å². The maximum atomic E-state index is 5.08. The average molecular weight is 1870 g/mol. The van der Waals surface area contributed by atoms with Crippen LogP contribution in [-0.2, 0) is 38.5 Å². The van der Waals surface area contributed by atoms with Crippen LogP contribution in [-0.4, -0.2) is 22.6 Å². The van der Waals surface area contributed by atoms with Crippen molar-refractivity contribution in [3.8, 4) is 39.5 Å². The van der Waals surface area contributed by atoms with Gasteiger partial charge in [-0.05, 0) is 329 Å². The molecular weight excluding hydrogens is 1780 g/mol. The second-order valence-corrected chi connectivity index (χ2v) is 43.6. The molecular formula is C142H97N3Si. The van der Waals surface area contributed by atoms with Gasteiger partial charge in [-0.15, -0.1) is 0 Å². The van der Waals surface area contributed by atoms with Crippen LogP contribution in [0.5, 0.6) is 0 Å². The lowest BCUT2D eigenvalue weighted by Gasteiger charge is -2.34. The van der Waals surface area contributed by atoms with Gasteiger partial charge in [0.2, 0.25) is 0 Å². The van der Waals surface area contributed by atoms with Crippen molar-refractivity contribution >= 4 is 185 Å². The van der Waals surface area contributed by atoms with E-state index in [9.17, 15) is 0 Å². The van der Waals surface area contributed by atoms with E-state index in [0.29, 0.717) is 0 Å². The SMILES string of the molecule is C1=C(c2c3ccccc3c(C3=Cc4ccccc4C3)c3cc(-c4ccc([Si](c5ccccc5)(c5ccccc5)c5ccccc5)cc4)ccc23)Cc2ccccc21.C1=C(c2c3ccccc3c(C3=Cc4ccccc4C3)c3cc(-c4cccc(-c5ccccn5)n4)ccc23)Cc2ccccc21.C1=C(c2c3ccccc3c(C3=Cc4ccccc4C3)c3cc(-n4c5ccccc5c5ccccc54)ccc23)Cc2ccccc21. The summed E-state index contributed by atoms with van der Waals surface area (Å²) in [6, 6.07) is 175. The highest BCUT2D eigenvalue weighted by molar-refractivity contribution is 7.20. The summed E-state index contributed by atoms with van der Waals surface area (Å²) < 4.78 is 2.45. The molecule has 0 spiro atoms. The van der Waals surface area contributed by atoms with Gasteiger partial charge in [-0.3, -0.25) is 4.98 Å². The number of benzene rings is 21. The van der Waals surface area contributed by atoms with Crippen molar-refractivity contribution in [1.82, 2.24) is 14.5 Å². The molecule has 3 heterocycles. The van der Waals surface area contributed by atoms with Crippen LogP contribution in [0.15, 0.2) is 479 Å². The number of allylic oxidation sites excluding steroid dienone is 6. The normalized spacial score (nSPS) is 13.6. The second kappa shape index (κ2) is 35.9. The zero-order chi connectivity index (χ0) is 96.3. The van der Waals surface area contributed by atoms with Gasteiger partial charge < -0.3 is 4.57 Å². The van der Waals surface area contributed by atoms with Crippen LogP contribution in [0.2, 0.25) is 0 Å². The standard InChI is InChI=1S/C56H40Si.C44H29N.C42H28N2/c1-4-20-47(21-5-1)57(48-22-6-2-7-23-48,49-24-8-3-9-25-49)50-31-28-39(29-32-50)44-30-33-53-54(38-44)56(46-36-42-18-12-13-19-43(42)37-46)52-27-15-14-26-51(52)55(53)45-34-40-16-10-11-17-41(40)35-45;1-2-12-29-24-32(23-28(29)11-1)43-37-17-5-6-18-38(37)44(33-25-30-13-3-4-14-31(30)26-33)40-27-34(21-22-39(40)43)45-41-19-9-7-15-35(41)36-16-8-10-20-42(36)45;1-2-11-28-23-32(22-27(28)10-1)41-34-14-5-6-15-35(34)42(33-24-29-12-3-4-13-30(29)25-33)37-26-31(19-20-36(37)41)38-17-9-18-40(44-38)39-16-7-8-21-43-39/h1-34,36,38H,35,37H2;1-23,25,27H,24,26H2;1-22,24,26H,23,25H2. The first kappa shape index (κ1) is 85.9. The van der Waals surface area contributed by atoms with E-state index in [1.165, 1.54) is 258 Å². The second-order valence-electron chi connectivity index (χ2n) is 39.8. The van der Waals surface area contributed by atoms with E-state index in [0.717, 1.165) is 61.2 Å². The third kappa shape index (κ3) is 14.7. The largest absolute Gasteiger partial charge is 0.309 e. The van der Waals surface area contributed by atoms with E-state index in [2.05, 4.69) is 495 Å². The Morgan fingerprint density at radius 3 is 0.801 bits per heavy atom. The van der Waals surface area contributed by atoms with Crippen molar-refractivity contribution in [2.24, 2.45) is 0 Å². The van der Waals surface area contributed by atoms with Gasteiger partial charge in [0.1, 0.15) is 0 Å². The van der Waals surface area contributed by atoms with Crippen LogP contribution in [0, 0.1) is 0 Å². The molecule has 0 bridgehead atoms. The van der Waals surface area contributed by atoms with Crippen molar-refractivity contribution in [1.29, 1.82) is 0 Å². The van der Waals surface area contributed by atoms with Crippen LogP contribution in [0.25, 0.3) is 196 Å². The number of pyridine rings is 2. The maximum absolute atomic E-state index is 5.08. The first-order valence-electron chi connectivity index (χ1n) is 51.2. The first-order valence-corrected chi connectivity index (χ1v) is 53.2. The summed E-state index contributed by atoms with van der Waals surface area (Å²) in [5.74, 6) is 0. The fourth-order valence-electron chi connectivity index (χ4n) is 25.1. The Morgan fingerprint density at radius 1 is 0.178 bits per heavy atom. The average Bonchev–Trinajstić information content (AvgIpc) is 1.28. The molecule has 6 aliphatic rings. The Bertz CT molecular complexity index is 9560. The lowest BCUT2D eigenvalue weighted by molar-refractivity contribution is 1.19. The van der Waals surface area contributed by atoms with Crippen molar-refractivity contribution in [3.63, 3.8) is 0 Å². The quantitative estimate of drug-likeness (QED) is 0.0617. The van der Waals surface area contributed by atoms with Crippen molar-refractivity contribution in [2.75, 3.05) is 0 Å². The Kier molecular flexibility index (Phi) is 21.1.